The van der Waals surface area contributed by atoms with Gasteiger partial charge in [0.25, 0.3) is 0 Å². The van der Waals surface area contributed by atoms with Gasteiger partial charge < -0.3 is 10.6 Å². The lowest BCUT2D eigenvalue weighted by molar-refractivity contribution is -0.134. The highest BCUT2D eigenvalue weighted by Gasteiger charge is 2.30. The number of primary amides is 1. The average Bonchev–Trinajstić information content (AvgIpc) is 2.74. The second-order valence-corrected chi connectivity index (χ2v) is 7.50. The van der Waals surface area contributed by atoms with Crippen LogP contribution in [0.15, 0.2) is 54.6 Å². The van der Waals surface area contributed by atoms with E-state index < -0.39 is 11.9 Å². The van der Waals surface area contributed by atoms with Crippen molar-refractivity contribution in [1.82, 2.24) is 9.80 Å². The molecule has 1 fully saturated rings. The highest BCUT2D eigenvalue weighted by atomic mass is 35.5. The Morgan fingerprint density at radius 1 is 0.897 bits per heavy atom. The number of nitrogens with two attached hydrogens (primary N) is 1. The zero-order valence-electron chi connectivity index (χ0n) is 16.1. The molecule has 2 aromatic rings. The number of Topliss-reactive ketones (excluding diaryl/α,β-unsaturated/α-hetero) is 1. The highest BCUT2D eigenvalue weighted by molar-refractivity contribution is 6.30. The molecule has 6 nitrogen and oxygen atoms in total. The molecule has 1 aliphatic heterocycles. The fourth-order valence-corrected chi connectivity index (χ4v) is 3.70. The summed E-state index contributed by atoms with van der Waals surface area (Å²) in [6.07, 6.45) is 0.377. The van der Waals surface area contributed by atoms with Crippen LogP contribution in [0.3, 0.4) is 0 Å². The number of nitrogens with zero attached hydrogens (tertiary/aromatic N) is 2. The van der Waals surface area contributed by atoms with Gasteiger partial charge in [-0.3, -0.25) is 19.3 Å². The van der Waals surface area contributed by atoms with E-state index in [0.717, 1.165) is 5.56 Å². The number of halogens is 1. The van der Waals surface area contributed by atoms with E-state index in [4.69, 9.17) is 17.3 Å². The molecule has 1 heterocycles. The zero-order valence-corrected chi connectivity index (χ0v) is 16.8. The van der Waals surface area contributed by atoms with Gasteiger partial charge in [0.2, 0.25) is 11.8 Å². The molecule has 3 rings (SSSR count). The summed E-state index contributed by atoms with van der Waals surface area (Å²) in [6, 6.07) is 15.5. The maximum atomic E-state index is 12.5. The number of piperazine rings is 1. The van der Waals surface area contributed by atoms with Crippen molar-refractivity contribution < 1.29 is 14.4 Å². The normalized spacial score (nSPS) is 15.7. The van der Waals surface area contributed by atoms with E-state index in [-0.39, 0.29) is 24.5 Å². The van der Waals surface area contributed by atoms with Gasteiger partial charge in [0.05, 0.1) is 0 Å². The molecule has 0 saturated carbocycles. The first kappa shape index (κ1) is 21.0. The molecule has 0 aliphatic carbocycles. The van der Waals surface area contributed by atoms with Crippen LogP contribution in [0.25, 0.3) is 0 Å². The van der Waals surface area contributed by atoms with Gasteiger partial charge in [-0.25, -0.2) is 0 Å². The third kappa shape index (κ3) is 5.43. The molecule has 0 radical (unpaired) electrons. The fourth-order valence-electron chi connectivity index (χ4n) is 3.58. The maximum Gasteiger partial charge on any atom is 0.239 e. The van der Waals surface area contributed by atoms with Gasteiger partial charge in [-0.05, 0) is 17.7 Å². The molecule has 29 heavy (non-hydrogen) atoms. The van der Waals surface area contributed by atoms with Crippen molar-refractivity contribution in [3.63, 3.8) is 0 Å². The minimum absolute atomic E-state index is 0.0332. The van der Waals surface area contributed by atoms with Gasteiger partial charge in [-0.2, -0.15) is 0 Å². The lowest BCUT2D eigenvalue weighted by atomic mass is 10.0. The summed E-state index contributed by atoms with van der Waals surface area (Å²) in [5.74, 6) is -0.509. The summed E-state index contributed by atoms with van der Waals surface area (Å²) in [5.41, 5.74) is 7.05. The number of carbonyl (C=O) groups excluding carboxylic acids is 3. The molecule has 0 unspecified atom stereocenters. The molecule has 2 amide bonds. The standard InChI is InChI=1S/C22H24ClN3O3/c23-18-8-6-17(7-9-18)21(22(24)29)26-14-12-25(13-15-26)20(28)11-10-19(27)16-4-2-1-3-5-16/h1-9,21H,10-15H2,(H2,24,29)/t21-/m0/s1. The van der Waals surface area contributed by atoms with E-state index in [1.54, 1.807) is 41.3 Å². The number of carbonyl (C=O) groups is 3. The van der Waals surface area contributed by atoms with Crippen molar-refractivity contribution in [1.29, 1.82) is 0 Å². The van der Waals surface area contributed by atoms with Gasteiger partial charge in [0.15, 0.2) is 5.78 Å². The zero-order chi connectivity index (χ0) is 20.8. The Hall–Kier alpha value is -2.70. The third-order valence-corrected chi connectivity index (χ3v) is 5.40. The monoisotopic (exact) mass is 413 g/mol. The molecule has 1 atom stereocenters. The lowest BCUT2D eigenvalue weighted by Crippen LogP contribution is -2.51. The van der Waals surface area contributed by atoms with Crippen molar-refractivity contribution in [3.8, 4) is 0 Å². The van der Waals surface area contributed by atoms with Crippen LogP contribution >= 0.6 is 11.6 Å². The Morgan fingerprint density at radius 2 is 1.52 bits per heavy atom. The van der Waals surface area contributed by atoms with Crippen molar-refractivity contribution in [3.05, 3.63) is 70.7 Å². The Morgan fingerprint density at radius 3 is 2.10 bits per heavy atom. The first-order valence-electron chi connectivity index (χ1n) is 9.60. The van der Waals surface area contributed by atoms with Crippen LogP contribution in [-0.4, -0.2) is 53.6 Å². The Balaban J connectivity index is 1.53. The number of ketones is 1. The van der Waals surface area contributed by atoms with E-state index in [1.165, 1.54) is 0 Å². The summed E-state index contributed by atoms with van der Waals surface area (Å²) >= 11 is 5.93. The number of benzene rings is 2. The van der Waals surface area contributed by atoms with Gasteiger partial charge in [-0.1, -0.05) is 54.1 Å². The molecule has 2 aromatic carbocycles. The van der Waals surface area contributed by atoms with Gasteiger partial charge in [0.1, 0.15) is 6.04 Å². The van der Waals surface area contributed by atoms with E-state index in [1.807, 2.05) is 23.1 Å². The largest absolute Gasteiger partial charge is 0.368 e. The minimum atomic E-state index is -0.552. The van der Waals surface area contributed by atoms with Crippen molar-refractivity contribution in [2.75, 3.05) is 26.2 Å². The molecule has 7 heteroatoms. The van der Waals surface area contributed by atoms with Gasteiger partial charge >= 0.3 is 0 Å². The number of hydrogen-bond acceptors (Lipinski definition) is 4. The second kappa shape index (κ2) is 9.67. The summed E-state index contributed by atoms with van der Waals surface area (Å²) in [7, 11) is 0. The Labute approximate surface area is 175 Å². The predicted molar refractivity (Wildman–Crippen MR) is 112 cm³/mol. The SMILES string of the molecule is NC(=O)[C@H](c1ccc(Cl)cc1)N1CCN(C(=O)CCC(=O)c2ccccc2)CC1. The fraction of sp³-hybridized carbons (Fsp3) is 0.318. The van der Waals surface area contributed by atoms with Crippen LogP contribution < -0.4 is 5.73 Å². The summed E-state index contributed by atoms with van der Waals surface area (Å²) < 4.78 is 0. The van der Waals surface area contributed by atoms with Crippen LogP contribution in [0.5, 0.6) is 0 Å². The summed E-state index contributed by atoms with van der Waals surface area (Å²) in [6.45, 7) is 2.06. The van der Waals surface area contributed by atoms with Crippen LogP contribution in [-0.2, 0) is 9.59 Å². The number of rotatable bonds is 7. The quantitative estimate of drug-likeness (QED) is 0.707. The number of amides is 2. The average molecular weight is 414 g/mol. The Bertz CT molecular complexity index is 863. The van der Waals surface area contributed by atoms with Crippen LogP contribution in [0.2, 0.25) is 5.02 Å². The van der Waals surface area contributed by atoms with E-state index in [2.05, 4.69) is 0 Å². The first-order valence-corrected chi connectivity index (χ1v) is 9.98. The predicted octanol–water partition coefficient (Wildman–Crippen LogP) is 2.67. The van der Waals surface area contributed by atoms with Gasteiger partial charge in [-0.15, -0.1) is 0 Å². The van der Waals surface area contributed by atoms with Crippen molar-refractivity contribution in [2.24, 2.45) is 5.73 Å². The molecular weight excluding hydrogens is 390 g/mol. The molecule has 1 saturated heterocycles. The van der Waals surface area contributed by atoms with Crippen molar-refractivity contribution in [2.45, 2.75) is 18.9 Å². The topological polar surface area (TPSA) is 83.7 Å². The highest BCUT2D eigenvalue weighted by Crippen LogP contribution is 2.24. The molecule has 0 spiro atoms. The molecule has 2 N–H and O–H groups in total. The van der Waals surface area contributed by atoms with E-state index in [9.17, 15) is 14.4 Å². The van der Waals surface area contributed by atoms with E-state index in [0.29, 0.717) is 36.8 Å². The van der Waals surface area contributed by atoms with Gasteiger partial charge in [0, 0.05) is 49.6 Å². The van der Waals surface area contributed by atoms with Crippen LogP contribution in [0.1, 0.15) is 34.8 Å². The summed E-state index contributed by atoms with van der Waals surface area (Å²) in [5, 5.41) is 0.595. The molecule has 0 aromatic heterocycles. The number of hydrogen-bond donors (Lipinski definition) is 1. The van der Waals surface area contributed by atoms with E-state index >= 15 is 0 Å². The van der Waals surface area contributed by atoms with Crippen molar-refractivity contribution >= 4 is 29.2 Å². The smallest absolute Gasteiger partial charge is 0.239 e. The maximum absolute atomic E-state index is 12.5. The first-order chi connectivity index (χ1) is 14.0. The molecule has 1 aliphatic rings. The second-order valence-electron chi connectivity index (χ2n) is 7.06. The molecule has 0 bridgehead atoms. The van der Waals surface area contributed by atoms with Crippen LogP contribution in [0, 0.1) is 0 Å². The molecular formula is C22H24ClN3O3. The lowest BCUT2D eigenvalue weighted by Gasteiger charge is -2.38. The summed E-state index contributed by atoms with van der Waals surface area (Å²) in [4.78, 5) is 40.5. The minimum Gasteiger partial charge on any atom is -0.368 e. The van der Waals surface area contributed by atoms with Crippen LogP contribution in [0.4, 0.5) is 0 Å². The third-order valence-electron chi connectivity index (χ3n) is 5.15. The Kier molecular flexibility index (Phi) is 7.01. The molecule has 152 valence electrons.